The molecule has 0 bridgehead atoms. The van der Waals surface area contributed by atoms with E-state index in [0.717, 1.165) is 11.1 Å². The third kappa shape index (κ3) is 5.83. The average molecular weight is 601 g/mol. The van der Waals surface area contributed by atoms with E-state index in [0.29, 0.717) is 43.4 Å². The van der Waals surface area contributed by atoms with Crippen LogP contribution in [0.25, 0.3) is 17.4 Å². The highest BCUT2D eigenvalue weighted by Gasteiger charge is 2.35. The second-order valence-corrected chi connectivity index (χ2v) is 11.2. The number of nitrogens with zero attached hydrogens (tertiary/aromatic N) is 2. The predicted molar refractivity (Wildman–Crippen MR) is 163 cm³/mol. The fourth-order valence-corrected chi connectivity index (χ4v) is 6.06. The van der Waals surface area contributed by atoms with Crippen molar-refractivity contribution in [1.82, 2.24) is 4.57 Å². The molecule has 0 saturated heterocycles. The van der Waals surface area contributed by atoms with Crippen molar-refractivity contribution in [3.8, 4) is 17.1 Å². The zero-order valence-corrected chi connectivity index (χ0v) is 25.6. The van der Waals surface area contributed by atoms with Crippen LogP contribution in [0.4, 0.5) is 0 Å². The molecule has 9 nitrogen and oxygen atoms in total. The standard InChI is InChI=1S/C33H32N2O7S/c1-7-40-32(38)28-20(5)34-33-35(29(28)24-10-8-9-11-25(24)39-6)30(36)27(43-33)17-22-13-15-26(42-22)23-14-12-21(16-19(23)4)31(37)41-18(2)3/h8-18,29H,7H2,1-6H3/b27-17+/t29-/m1/s1. The molecule has 43 heavy (non-hydrogen) atoms. The molecule has 0 unspecified atom stereocenters. The SMILES string of the molecule is CCOC(=O)C1=C(C)N=c2s/c(=C/c3ccc(-c4ccc(C(=O)OC(C)C)cc4C)o3)c(=O)n2[C@@H]1c1ccccc1OC. The van der Waals surface area contributed by atoms with E-state index in [4.69, 9.17) is 18.6 Å². The van der Waals surface area contributed by atoms with Gasteiger partial charge in [-0.1, -0.05) is 35.6 Å². The van der Waals surface area contributed by atoms with Crippen molar-refractivity contribution in [3.63, 3.8) is 0 Å². The van der Waals surface area contributed by atoms with Crippen molar-refractivity contribution in [2.24, 2.45) is 4.99 Å². The summed E-state index contributed by atoms with van der Waals surface area (Å²) in [4.78, 5) is 44.4. The van der Waals surface area contributed by atoms with Crippen LogP contribution in [0, 0.1) is 6.92 Å². The Morgan fingerprint density at radius 3 is 2.56 bits per heavy atom. The molecule has 0 fully saturated rings. The zero-order chi connectivity index (χ0) is 30.8. The number of rotatable bonds is 8. The molecule has 222 valence electrons. The number of esters is 2. The fourth-order valence-electron chi connectivity index (χ4n) is 5.03. The number of aryl methyl sites for hydroxylation is 1. The first kappa shape index (κ1) is 29.8. The van der Waals surface area contributed by atoms with Crippen molar-refractivity contribution in [1.29, 1.82) is 0 Å². The number of hydrogen-bond donors (Lipinski definition) is 0. The minimum absolute atomic E-state index is 0.184. The van der Waals surface area contributed by atoms with Crippen LogP contribution < -0.4 is 19.6 Å². The van der Waals surface area contributed by atoms with Gasteiger partial charge in [0, 0.05) is 17.2 Å². The summed E-state index contributed by atoms with van der Waals surface area (Å²) in [6, 6.07) is 15.4. The molecule has 1 aliphatic heterocycles. The minimum atomic E-state index is -0.788. The number of allylic oxidation sites excluding steroid dienone is 1. The van der Waals surface area contributed by atoms with Gasteiger partial charge in [0.25, 0.3) is 5.56 Å². The number of carbonyl (C=O) groups is 2. The number of fused-ring (bicyclic) bond motifs is 1. The Labute approximate surface area is 252 Å². The lowest BCUT2D eigenvalue weighted by Crippen LogP contribution is -2.40. The van der Waals surface area contributed by atoms with Crippen molar-refractivity contribution in [2.45, 2.75) is 46.8 Å². The Hall–Kier alpha value is -4.70. The number of benzene rings is 2. The van der Waals surface area contributed by atoms with Crippen LogP contribution in [0.15, 0.2) is 80.1 Å². The molecule has 2 aromatic heterocycles. The molecular weight excluding hydrogens is 568 g/mol. The second kappa shape index (κ2) is 12.3. The number of aromatic nitrogens is 1. The van der Waals surface area contributed by atoms with Crippen LogP contribution >= 0.6 is 11.3 Å². The van der Waals surface area contributed by atoms with Gasteiger partial charge in [0.2, 0.25) is 0 Å². The molecule has 0 spiro atoms. The Morgan fingerprint density at radius 2 is 1.86 bits per heavy atom. The van der Waals surface area contributed by atoms with Crippen LogP contribution in [0.5, 0.6) is 5.75 Å². The maximum atomic E-state index is 13.9. The monoisotopic (exact) mass is 600 g/mol. The Morgan fingerprint density at radius 1 is 1.09 bits per heavy atom. The van der Waals surface area contributed by atoms with Gasteiger partial charge in [0.1, 0.15) is 23.3 Å². The molecule has 2 aromatic carbocycles. The second-order valence-electron chi connectivity index (χ2n) is 10.2. The van der Waals surface area contributed by atoms with Crippen LogP contribution in [0.2, 0.25) is 0 Å². The summed E-state index contributed by atoms with van der Waals surface area (Å²) in [6.45, 7) is 9.15. The molecule has 3 heterocycles. The number of para-hydroxylation sites is 1. The third-order valence-electron chi connectivity index (χ3n) is 6.92. The van der Waals surface area contributed by atoms with Gasteiger partial charge in [-0.05, 0) is 70.5 Å². The van der Waals surface area contributed by atoms with Gasteiger partial charge in [-0.25, -0.2) is 14.6 Å². The highest BCUT2D eigenvalue weighted by atomic mass is 32.1. The lowest BCUT2D eigenvalue weighted by Gasteiger charge is -2.25. The maximum Gasteiger partial charge on any atom is 0.338 e. The molecule has 10 heteroatoms. The fraction of sp³-hybridized carbons (Fsp3) is 0.273. The van der Waals surface area contributed by atoms with Crippen LogP contribution in [0.3, 0.4) is 0 Å². The summed E-state index contributed by atoms with van der Waals surface area (Å²) in [5.41, 5.74) is 3.19. The molecular formula is C33H32N2O7S. The molecule has 0 N–H and O–H groups in total. The quantitative estimate of drug-likeness (QED) is 0.264. The molecule has 5 rings (SSSR count). The molecule has 0 radical (unpaired) electrons. The largest absolute Gasteiger partial charge is 0.496 e. The summed E-state index contributed by atoms with van der Waals surface area (Å²) in [5.74, 6) is 0.676. The highest BCUT2D eigenvalue weighted by Crippen LogP contribution is 2.35. The minimum Gasteiger partial charge on any atom is -0.496 e. The van der Waals surface area contributed by atoms with Gasteiger partial charge in [-0.3, -0.25) is 9.36 Å². The molecule has 0 saturated carbocycles. The predicted octanol–water partition coefficient (Wildman–Crippen LogP) is 4.94. The van der Waals surface area contributed by atoms with E-state index in [-0.39, 0.29) is 29.8 Å². The summed E-state index contributed by atoms with van der Waals surface area (Å²) >= 11 is 1.21. The third-order valence-corrected chi connectivity index (χ3v) is 7.90. The number of carbonyl (C=O) groups excluding carboxylic acids is 2. The average Bonchev–Trinajstić information content (AvgIpc) is 3.55. The Bertz CT molecular complexity index is 1930. The Kier molecular flexibility index (Phi) is 8.50. The topological polar surface area (TPSA) is 109 Å². The first-order valence-corrected chi connectivity index (χ1v) is 14.7. The Balaban J connectivity index is 1.57. The van der Waals surface area contributed by atoms with Crippen molar-refractivity contribution in [3.05, 3.63) is 108 Å². The first-order valence-electron chi connectivity index (χ1n) is 13.9. The number of furan rings is 1. The van der Waals surface area contributed by atoms with Gasteiger partial charge in [-0.2, -0.15) is 0 Å². The zero-order valence-electron chi connectivity index (χ0n) is 24.8. The van der Waals surface area contributed by atoms with E-state index >= 15 is 0 Å². The molecule has 0 aliphatic carbocycles. The molecule has 1 atom stereocenters. The van der Waals surface area contributed by atoms with E-state index in [1.165, 1.54) is 15.9 Å². The van der Waals surface area contributed by atoms with Crippen molar-refractivity contribution >= 4 is 29.4 Å². The van der Waals surface area contributed by atoms with E-state index in [2.05, 4.69) is 4.99 Å². The normalized spacial score (nSPS) is 14.9. The number of hydrogen-bond acceptors (Lipinski definition) is 9. The van der Waals surface area contributed by atoms with Gasteiger partial charge in [-0.15, -0.1) is 0 Å². The summed E-state index contributed by atoms with van der Waals surface area (Å²) in [5, 5.41) is 0. The van der Waals surface area contributed by atoms with Gasteiger partial charge < -0.3 is 18.6 Å². The highest BCUT2D eigenvalue weighted by molar-refractivity contribution is 7.07. The number of thiazole rings is 1. The molecule has 4 aromatic rings. The number of ether oxygens (including phenoxy) is 3. The number of methoxy groups -OCH3 is 1. The van der Waals surface area contributed by atoms with Crippen molar-refractivity contribution in [2.75, 3.05) is 13.7 Å². The first-order chi connectivity index (χ1) is 20.6. The van der Waals surface area contributed by atoms with Crippen LogP contribution in [-0.4, -0.2) is 36.3 Å². The van der Waals surface area contributed by atoms with Crippen LogP contribution in [-0.2, 0) is 14.3 Å². The van der Waals surface area contributed by atoms with E-state index in [9.17, 15) is 14.4 Å². The summed E-state index contributed by atoms with van der Waals surface area (Å²) < 4.78 is 24.3. The van der Waals surface area contributed by atoms with Gasteiger partial charge in [0.05, 0.1) is 41.2 Å². The molecule has 1 aliphatic rings. The lowest BCUT2D eigenvalue weighted by molar-refractivity contribution is -0.139. The summed E-state index contributed by atoms with van der Waals surface area (Å²) in [6.07, 6.45) is 1.46. The van der Waals surface area contributed by atoms with E-state index in [1.54, 1.807) is 65.1 Å². The van der Waals surface area contributed by atoms with E-state index in [1.807, 2.05) is 37.3 Å². The maximum absolute atomic E-state index is 13.9. The lowest BCUT2D eigenvalue weighted by atomic mass is 9.95. The summed E-state index contributed by atoms with van der Waals surface area (Å²) in [7, 11) is 1.55. The smallest absolute Gasteiger partial charge is 0.338 e. The van der Waals surface area contributed by atoms with Crippen LogP contribution in [0.1, 0.15) is 61.0 Å². The molecule has 0 amide bonds. The van der Waals surface area contributed by atoms with E-state index < -0.39 is 12.0 Å². The van der Waals surface area contributed by atoms with Gasteiger partial charge >= 0.3 is 11.9 Å². The van der Waals surface area contributed by atoms with Crippen molar-refractivity contribution < 1.29 is 28.2 Å². The van der Waals surface area contributed by atoms with Gasteiger partial charge in [0.15, 0.2) is 4.80 Å².